The van der Waals surface area contributed by atoms with Crippen molar-refractivity contribution in [1.82, 2.24) is 0 Å². The molecule has 0 amide bonds. The highest BCUT2D eigenvalue weighted by atomic mass is 16.5. The predicted octanol–water partition coefficient (Wildman–Crippen LogP) is 8.12. The van der Waals surface area contributed by atoms with Crippen LogP contribution in [0.15, 0.2) is 91.0 Å². The molecule has 0 N–H and O–H groups in total. The van der Waals surface area contributed by atoms with E-state index in [2.05, 4.69) is 84.6 Å². The van der Waals surface area contributed by atoms with Crippen LogP contribution in [-0.2, 0) is 23.2 Å². The van der Waals surface area contributed by atoms with Crippen LogP contribution in [-0.4, -0.2) is 40.5 Å². The summed E-state index contributed by atoms with van der Waals surface area (Å²) in [5, 5.41) is 2.39. The molecule has 8 rings (SSSR count). The Morgan fingerprint density at radius 1 is 0.756 bits per heavy atom. The van der Waals surface area contributed by atoms with Crippen molar-refractivity contribution in [3.05, 3.63) is 124 Å². The molecule has 1 saturated heterocycles. The minimum atomic E-state index is -0.844. The molecule has 2 aliphatic heterocycles. The summed E-state index contributed by atoms with van der Waals surface area (Å²) in [5.74, 6) is 2.56. The van der Waals surface area contributed by atoms with Gasteiger partial charge in [0.25, 0.3) is 0 Å². The SMILES string of the molecule is COc1ccc(C2(c3ccc(OC)cc3)C=Cc3c4c(c5cc(C)c(N6CCOCC6)cc5c3O2)-c2ccccc2CC4)cc1. The molecule has 5 heteroatoms. The van der Waals surface area contributed by atoms with Gasteiger partial charge >= 0.3 is 0 Å². The Morgan fingerprint density at radius 2 is 1.42 bits per heavy atom. The van der Waals surface area contributed by atoms with Crippen LogP contribution in [0, 0.1) is 6.92 Å². The molecule has 0 saturated carbocycles. The van der Waals surface area contributed by atoms with Gasteiger partial charge in [0.05, 0.1) is 27.4 Å². The van der Waals surface area contributed by atoms with Crippen molar-refractivity contribution in [3.8, 4) is 28.4 Å². The summed E-state index contributed by atoms with van der Waals surface area (Å²) in [5.41, 5.74) is 10.4. The van der Waals surface area contributed by atoms with Gasteiger partial charge in [0.2, 0.25) is 0 Å². The van der Waals surface area contributed by atoms with Gasteiger partial charge in [-0.15, -0.1) is 0 Å². The van der Waals surface area contributed by atoms with Crippen molar-refractivity contribution in [2.24, 2.45) is 0 Å². The van der Waals surface area contributed by atoms with Crippen LogP contribution >= 0.6 is 0 Å². The number of ether oxygens (including phenoxy) is 4. The van der Waals surface area contributed by atoms with Crippen LogP contribution < -0.4 is 19.1 Å². The van der Waals surface area contributed by atoms with E-state index in [1.54, 1.807) is 14.2 Å². The molecule has 0 bridgehead atoms. The number of rotatable bonds is 5. The Hall–Kier alpha value is -4.74. The number of methoxy groups -OCH3 is 2. The van der Waals surface area contributed by atoms with Gasteiger partial charge in [-0.05, 0) is 95.4 Å². The quantitative estimate of drug-likeness (QED) is 0.205. The van der Waals surface area contributed by atoms with Gasteiger partial charge in [-0.1, -0.05) is 54.6 Å². The lowest BCUT2D eigenvalue weighted by molar-refractivity contribution is 0.122. The standard InChI is InChI=1S/C40H37NO4/c1-26-24-35-36(25-37(26)41-20-22-44-23-21-41)39-34(33-17-8-27-6-4-5-7-32(27)38(33)35)18-19-40(45-39,28-9-13-30(42-2)14-10-28)29-11-15-31(43-3)16-12-29/h4-7,9-16,18-19,24-25H,8,17,20-23H2,1-3H3. The van der Waals surface area contributed by atoms with E-state index in [0.717, 1.165) is 72.9 Å². The summed E-state index contributed by atoms with van der Waals surface area (Å²) in [7, 11) is 3.39. The zero-order chi connectivity index (χ0) is 30.5. The summed E-state index contributed by atoms with van der Waals surface area (Å²) >= 11 is 0. The highest BCUT2D eigenvalue weighted by Gasteiger charge is 2.40. The number of nitrogens with zero attached hydrogens (tertiary/aromatic N) is 1. The summed E-state index contributed by atoms with van der Waals surface area (Å²) in [6.07, 6.45) is 6.54. The highest BCUT2D eigenvalue weighted by Crippen LogP contribution is 2.52. The fourth-order valence-corrected chi connectivity index (χ4v) is 7.46. The lowest BCUT2D eigenvalue weighted by Gasteiger charge is -2.39. The first kappa shape index (κ1) is 27.8. The van der Waals surface area contributed by atoms with E-state index in [1.807, 2.05) is 24.3 Å². The van der Waals surface area contributed by atoms with E-state index < -0.39 is 5.60 Å². The minimum Gasteiger partial charge on any atom is -0.497 e. The third-order valence-corrected chi connectivity index (χ3v) is 9.79. The number of hydrogen-bond donors (Lipinski definition) is 0. The van der Waals surface area contributed by atoms with Crippen molar-refractivity contribution < 1.29 is 18.9 Å². The van der Waals surface area contributed by atoms with Crippen molar-refractivity contribution in [2.45, 2.75) is 25.4 Å². The Morgan fingerprint density at radius 3 is 2.09 bits per heavy atom. The number of fused-ring (bicyclic) bond motifs is 8. The second kappa shape index (κ2) is 11.0. The minimum absolute atomic E-state index is 0.741. The van der Waals surface area contributed by atoms with Crippen LogP contribution in [0.25, 0.3) is 28.0 Å². The summed E-state index contributed by atoms with van der Waals surface area (Å²) in [6.45, 7) is 5.48. The molecule has 5 aromatic rings. The molecular formula is C40H37NO4. The fraction of sp³-hybridized carbons (Fsp3) is 0.250. The molecule has 0 aromatic heterocycles. The maximum atomic E-state index is 7.48. The van der Waals surface area contributed by atoms with Gasteiger partial charge in [-0.25, -0.2) is 0 Å². The largest absolute Gasteiger partial charge is 0.497 e. The average molecular weight is 596 g/mol. The van der Waals surface area contributed by atoms with Crippen molar-refractivity contribution in [1.29, 1.82) is 0 Å². The van der Waals surface area contributed by atoms with Crippen LogP contribution in [0.5, 0.6) is 17.2 Å². The first-order chi connectivity index (χ1) is 22.1. The molecule has 3 aliphatic rings. The molecule has 1 fully saturated rings. The number of hydrogen-bond acceptors (Lipinski definition) is 5. The predicted molar refractivity (Wildman–Crippen MR) is 181 cm³/mol. The molecule has 5 nitrogen and oxygen atoms in total. The normalized spacial score (nSPS) is 16.4. The topological polar surface area (TPSA) is 40.2 Å². The van der Waals surface area contributed by atoms with E-state index in [9.17, 15) is 0 Å². The molecule has 5 aromatic carbocycles. The van der Waals surface area contributed by atoms with E-state index in [-0.39, 0.29) is 0 Å². The molecule has 0 atom stereocenters. The molecule has 1 aliphatic carbocycles. The zero-order valence-corrected chi connectivity index (χ0v) is 26.1. The highest BCUT2D eigenvalue weighted by molar-refractivity contribution is 6.07. The number of benzene rings is 5. The van der Waals surface area contributed by atoms with Crippen molar-refractivity contribution in [2.75, 3.05) is 45.4 Å². The maximum Gasteiger partial charge on any atom is 0.178 e. The first-order valence-corrected chi connectivity index (χ1v) is 15.8. The summed E-state index contributed by atoms with van der Waals surface area (Å²) < 4.78 is 24.2. The van der Waals surface area contributed by atoms with E-state index in [0.29, 0.717) is 0 Å². The molecule has 2 heterocycles. The fourth-order valence-electron chi connectivity index (χ4n) is 7.46. The van der Waals surface area contributed by atoms with Gasteiger partial charge in [-0.2, -0.15) is 0 Å². The molecule has 0 unspecified atom stereocenters. The van der Waals surface area contributed by atoms with Crippen LogP contribution in [0.2, 0.25) is 0 Å². The smallest absolute Gasteiger partial charge is 0.178 e. The lowest BCUT2D eigenvalue weighted by Crippen LogP contribution is -2.36. The zero-order valence-electron chi connectivity index (χ0n) is 26.1. The summed E-state index contributed by atoms with van der Waals surface area (Å²) in [4.78, 5) is 2.46. The number of morpholine rings is 1. The van der Waals surface area contributed by atoms with Crippen LogP contribution in [0.1, 0.15) is 33.4 Å². The molecule has 45 heavy (non-hydrogen) atoms. The average Bonchev–Trinajstić information content (AvgIpc) is 3.11. The van der Waals surface area contributed by atoms with Crippen molar-refractivity contribution >= 4 is 22.5 Å². The van der Waals surface area contributed by atoms with Crippen LogP contribution in [0.3, 0.4) is 0 Å². The van der Waals surface area contributed by atoms with E-state index in [4.69, 9.17) is 18.9 Å². The number of anilines is 1. The molecule has 0 radical (unpaired) electrons. The Bertz CT molecular complexity index is 1890. The lowest BCUT2D eigenvalue weighted by atomic mass is 9.77. The monoisotopic (exact) mass is 595 g/mol. The maximum absolute atomic E-state index is 7.48. The van der Waals surface area contributed by atoms with E-state index >= 15 is 0 Å². The molecule has 0 spiro atoms. The molecule has 226 valence electrons. The Labute approximate surface area is 264 Å². The first-order valence-electron chi connectivity index (χ1n) is 15.8. The van der Waals surface area contributed by atoms with Gasteiger partial charge in [0, 0.05) is 40.9 Å². The third kappa shape index (κ3) is 4.48. The third-order valence-electron chi connectivity index (χ3n) is 9.79. The van der Waals surface area contributed by atoms with Crippen molar-refractivity contribution in [3.63, 3.8) is 0 Å². The van der Waals surface area contributed by atoms with Crippen LogP contribution in [0.4, 0.5) is 5.69 Å². The van der Waals surface area contributed by atoms with Gasteiger partial charge < -0.3 is 23.8 Å². The van der Waals surface area contributed by atoms with Gasteiger partial charge in [0.15, 0.2) is 5.60 Å². The van der Waals surface area contributed by atoms with Gasteiger partial charge in [0.1, 0.15) is 17.2 Å². The summed E-state index contributed by atoms with van der Waals surface area (Å²) in [6, 6.07) is 30.1. The number of aryl methyl sites for hydroxylation is 2. The van der Waals surface area contributed by atoms with E-state index in [1.165, 1.54) is 44.5 Å². The Balaban J connectivity index is 1.41. The second-order valence-corrected chi connectivity index (χ2v) is 12.2. The molecular weight excluding hydrogens is 558 g/mol. The second-order valence-electron chi connectivity index (χ2n) is 12.2. The van der Waals surface area contributed by atoms with Gasteiger partial charge in [-0.3, -0.25) is 0 Å². The Kier molecular flexibility index (Phi) is 6.80.